The monoisotopic (exact) mass is 410 g/mol. The average molecular weight is 411 g/mol. The van der Waals surface area contributed by atoms with E-state index in [0.29, 0.717) is 50.9 Å². The Kier molecular flexibility index (Phi) is 8.32. The molecular formula is C20H30N2O5S. The summed E-state index contributed by atoms with van der Waals surface area (Å²) in [4.78, 5) is 14.1. The van der Waals surface area contributed by atoms with Crippen molar-refractivity contribution in [2.45, 2.75) is 27.2 Å². The Bertz CT molecular complexity index is 784. The maximum atomic E-state index is 12.4. The molecule has 0 bridgehead atoms. The van der Waals surface area contributed by atoms with Crippen molar-refractivity contribution in [3.05, 3.63) is 29.8 Å². The Morgan fingerprint density at radius 2 is 1.79 bits per heavy atom. The van der Waals surface area contributed by atoms with Crippen molar-refractivity contribution in [1.29, 1.82) is 0 Å². The molecule has 8 heteroatoms. The maximum Gasteiger partial charge on any atom is 0.246 e. The summed E-state index contributed by atoms with van der Waals surface area (Å²) < 4.78 is 36.6. The van der Waals surface area contributed by atoms with E-state index in [1.807, 2.05) is 32.0 Å². The van der Waals surface area contributed by atoms with Crippen LogP contribution in [0.15, 0.2) is 24.3 Å². The lowest BCUT2D eigenvalue weighted by molar-refractivity contribution is -0.127. The van der Waals surface area contributed by atoms with E-state index in [2.05, 4.69) is 0 Å². The van der Waals surface area contributed by atoms with E-state index in [9.17, 15) is 13.2 Å². The molecule has 0 aromatic heterocycles. The summed E-state index contributed by atoms with van der Waals surface area (Å²) in [5, 5.41) is 0. The molecule has 0 aliphatic carbocycles. The zero-order chi connectivity index (χ0) is 20.6. The van der Waals surface area contributed by atoms with Crippen molar-refractivity contribution in [3.63, 3.8) is 0 Å². The van der Waals surface area contributed by atoms with Crippen molar-refractivity contribution < 1.29 is 22.7 Å². The third-order valence-electron chi connectivity index (χ3n) is 4.46. The lowest BCUT2D eigenvalue weighted by Gasteiger charge is -2.33. The zero-order valence-electron chi connectivity index (χ0n) is 16.9. The van der Waals surface area contributed by atoms with Crippen LogP contribution in [-0.2, 0) is 14.8 Å². The number of hydrogen-bond donors (Lipinski definition) is 0. The van der Waals surface area contributed by atoms with Crippen LogP contribution in [0.1, 0.15) is 32.8 Å². The molecule has 156 valence electrons. The third kappa shape index (κ3) is 5.97. The minimum Gasteiger partial charge on any atom is -0.490 e. The molecule has 0 atom stereocenters. The van der Waals surface area contributed by atoms with E-state index in [-0.39, 0.29) is 11.7 Å². The van der Waals surface area contributed by atoms with Gasteiger partial charge in [-0.1, -0.05) is 13.0 Å². The molecule has 1 amide bonds. The number of carbonyl (C=O) groups is 1. The molecule has 0 unspecified atom stereocenters. The van der Waals surface area contributed by atoms with Crippen molar-refractivity contribution >= 4 is 22.0 Å². The topological polar surface area (TPSA) is 76.2 Å². The van der Waals surface area contributed by atoms with E-state index >= 15 is 0 Å². The first kappa shape index (κ1) is 22.2. The van der Waals surface area contributed by atoms with E-state index in [1.165, 1.54) is 10.4 Å². The zero-order valence-corrected chi connectivity index (χ0v) is 17.7. The number of nitrogens with zero attached hydrogens (tertiary/aromatic N) is 2. The average Bonchev–Trinajstić information content (AvgIpc) is 2.71. The normalized spacial score (nSPS) is 15.8. The second-order valence-electron chi connectivity index (χ2n) is 6.45. The number of rotatable bonds is 9. The summed E-state index contributed by atoms with van der Waals surface area (Å²) >= 11 is 0. The van der Waals surface area contributed by atoms with Crippen molar-refractivity contribution in [1.82, 2.24) is 9.21 Å². The molecule has 1 aromatic carbocycles. The summed E-state index contributed by atoms with van der Waals surface area (Å²) in [6.45, 7) is 8.21. The van der Waals surface area contributed by atoms with Gasteiger partial charge < -0.3 is 14.4 Å². The number of carbonyl (C=O) groups excluding carboxylic acids is 1. The Hall–Kier alpha value is -2.06. The predicted molar refractivity (Wildman–Crippen MR) is 110 cm³/mol. The molecule has 1 saturated heterocycles. The van der Waals surface area contributed by atoms with Gasteiger partial charge in [0.05, 0.1) is 19.0 Å². The van der Waals surface area contributed by atoms with Gasteiger partial charge in [0.15, 0.2) is 11.5 Å². The Morgan fingerprint density at radius 1 is 1.07 bits per heavy atom. The second kappa shape index (κ2) is 10.5. The highest BCUT2D eigenvalue weighted by molar-refractivity contribution is 7.89. The highest BCUT2D eigenvalue weighted by atomic mass is 32.2. The Labute approximate surface area is 168 Å². The first-order valence-corrected chi connectivity index (χ1v) is 11.4. The van der Waals surface area contributed by atoms with Crippen molar-refractivity contribution in [3.8, 4) is 11.5 Å². The standard InChI is InChI=1S/C20H30N2O5S/c1-4-15-27-18-9-7-17(16-19(18)26-5-2)8-10-20(23)21-11-13-22(14-12-21)28(24,25)6-3/h7-10,16H,4-6,11-15H2,1-3H3/b10-8+. The van der Waals surface area contributed by atoms with E-state index < -0.39 is 10.0 Å². The van der Waals surface area contributed by atoms with E-state index in [0.717, 1.165) is 12.0 Å². The number of sulfonamides is 1. The highest BCUT2D eigenvalue weighted by Gasteiger charge is 2.26. The summed E-state index contributed by atoms with van der Waals surface area (Å²) in [6.07, 6.45) is 4.17. The second-order valence-corrected chi connectivity index (χ2v) is 8.70. The SMILES string of the molecule is CCCOc1ccc(/C=C/C(=O)N2CCN(S(=O)(=O)CC)CC2)cc1OCC. The molecule has 0 radical (unpaired) electrons. The fourth-order valence-electron chi connectivity index (χ4n) is 2.87. The fourth-order valence-corrected chi connectivity index (χ4v) is 3.95. The number of piperazine rings is 1. The molecule has 0 N–H and O–H groups in total. The number of ether oxygens (including phenoxy) is 2. The van der Waals surface area contributed by atoms with Crippen molar-refractivity contribution in [2.75, 3.05) is 45.1 Å². The lowest BCUT2D eigenvalue weighted by atomic mass is 10.2. The first-order valence-electron chi connectivity index (χ1n) is 9.75. The smallest absolute Gasteiger partial charge is 0.246 e. The predicted octanol–water partition coefficient (Wildman–Crippen LogP) is 2.38. The summed E-state index contributed by atoms with van der Waals surface area (Å²) in [5.41, 5.74) is 0.841. The van der Waals surface area contributed by atoms with Gasteiger partial charge in [-0.3, -0.25) is 4.79 Å². The van der Waals surface area contributed by atoms with Crippen LogP contribution in [0.4, 0.5) is 0 Å². The van der Waals surface area contributed by atoms with Gasteiger partial charge in [-0.15, -0.1) is 0 Å². The van der Waals surface area contributed by atoms with Crippen molar-refractivity contribution in [2.24, 2.45) is 0 Å². The minimum absolute atomic E-state index is 0.0843. The van der Waals surface area contributed by atoms with E-state index in [4.69, 9.17) is 9.47 Å². The quantitative estimate of drug-likeness (QED) is 0.584. The maximum absolute atomic E-state index is 12.4. The Balaban J connectivity index is 1.99. The van der Waals surface area contributed by atoms with E-state index in [1.54, 1.807) is 17.9 Å². The van der Waals surface area contributed by atoms with Crippen LogP contribution in [0.5, 0.6) is 11.5 Å². The third-order valence-corrected chi connectivity index (χ3v) is 6.34. The van der Waals surface area contributed by atoms with Crippen LogP contribution >= 0.6 is 0 Å². The number of amides is 1. The molecule has 28 heavy (non-hydrogen) atoms. The van der Waals surface area contributed by atoms with Gasteiger partial charge in [0.1, 0.15) is 0 Å². The molecule has 1 heterocycles. The van der Waals surface area contributed by atoms with Gasteiger partial charge in [-0.2, -0.15) is 4.31 Å². The van der Waals surface area contributed by atoms with Gasteiger partial charge in [0.2, 0.25) is 15.9 Å². The number of benzene rings is 1. The van der Waals surface area contributed by atoms with Gasteiger partial charge >= 0.3 is 0 Å². The van der Waals surface area contributed by atoms with Gasteiger partial charge in [0, 0.05) is 32.3 Å². The van der Waals surface area contributed by atoms with Crippen LogP contribution in [0.25, 0.3) is 6.08 Å². The molecule has 1 aromatic rings. The largest absolute Gasteiger partial charge is 0.490 e. The van der Waals surface area contributed by atoms with Gasteiger partial charge in [-0.05, 0) is 44.0 Å². The molecule has 1 aliphatic heterocycles. The first-order chi connectivity index (χ1) is 13.4. The number of hydrogen-bond acceptors (Lipinski definition) is 5. The molecule has 0 saturated carbocycles. The van der Waals surface area contributed by atoms with Crippen LogP contribution in [0, 0.1) is 0 Å². The molecule has 2 rings (SSSR count). The van der Waals surface area contributed by atoms with Gasteiger partial charge in [0.25, 0.3) is 0 Å². The van der Waals surface area contributed by atoms with Crippen LogP contribution < -0.4 is 9.47 Å². The van der Waals surface area contributed by atoms with Crippen LogP contribution in [0.2, 0.25) is 0 Å². The van der Waals surface area contributed by atoms with Crippen LogP contribution in [-0.4, -0.2) is 68.7 Å². The highest BCUT2D eigenvalue weighted by Crippen LogP contribution is 2.29. The summed E-state index contributed by atoms with van der Waals surface area (Å²) in [7, 11) is -3.20. The Morgan fingerprint density at radius 3 is 2.39 bits per heavy atom. The van der Waals surface area contributed by atoms with Crippen LogP contribution in [0.3, 0.4) is 0 Å². The fraction of sp³-hybridized carbons (Fsp3) is 0.550. The van der Waals surface area contributed by atoms with Gasteiger partial charge in [-0.25, -0.2) is 8.42 Å². The molecular weight excluding hydrogens is 380 g/mol. The minimum atomic E-state index is -3.20. The molecule has 1 aliphatic rings. The molecule has 1 fully saturated rings. The summed E-state index contributed by atoms with van der Waals surface area (Å²) in [6, 6.07) is 5.58. The lowest BCUT2D eigenvalue weighted by Crippen LogP contribution is -2.50. The summed E-state index contributed by atoms with van der Waals surface area (Å²) in [5.74, 6) is 1.31. The molecule has 0 spiro atoms. The molecule has 7 nitrogen and oxygen atoms in total.